The van der Waals surface area contributed by atoms with Gasteiger partial charge in [0, 0.05) is 6.54 Å². The van der Waals surface area contributed by atoms with Crippen molar-refractivity contribution in [3.63, 3.8) is 0 Å². The van der Waals surface area contributed by atoms with Crippen molar-refractivity contribution in [1.82, 2.24) is 5.32 Å². The number of carbonyl (C=O) groups is 2. The molecule has 0 aromatic heterocycles. The van der Waals surface area contributed by atoms with Gasteiger partial charge in [-0.05, 0) is 6.42 Å². The SMILES string of the molecule is NC(CCNC(=O)CCl)C(=O)O. The zero-order valence-electron chi connectivity index (χ0n) is 6.42. The molecule has 70 valence electrons. The first-order valence-corrected chi connectivity index (χ1v) is 3.92. The number of hydrogen-bond acceptors (Lipinski definition) is 3. The van der Waals surface area contributed by atoms with Gasteiger partial charge in [0.1, 0.15) is 11.9 Å². The second-order valence-electron chi connectivity index (χ2n) is 2.22. The van der Waals surface area contributed by atoms with Gasteiger partial charge in [0.2, 0.25) is 5.91 Å². The van der Waals surface area contributed by atoms with E-state index >= 15 is 0 Å². The van der Waals surface area contributed by atoms with Gasteiger partial charge >= 0.3 is 5.97 Å². The molecule has 0 bridgehead atoms. The molecule has 0 aliphatic carbocycles. The number of hydrogen-bond donors (Lipinski definition) is 3. The van der Waals surface area contributed by atoms with Crippen LogP contribution in [0.1, 0.15) is 6.42 Å². The Bertz CT molecular complexity index is 174. The van der Waals surface area contributed by atoms with Gasteiger partial charge in [-0.3, -0.25) is 9.59 Å². The van der Waals surface area contributed by atoms with Gasteiger partial charge in [-0.25, -0.2) is 0 Å². The Morgan fingerprint density at radius 2 is 2.17 bits per heavy atom. The summed E-state index contributed by atoms with van der Waals surface area (Å²) >= 11 is 5.17. The van der Waals surface area contributed by atoms with Crippen LogP contribution < -0.4 is 11.1 Å². The largest absolute Gasteiger partial charge is 0.480 e. The lowest BCUT2D eigenvalue weighted by molar-refractivity contribution is -0.138. The molecule has 0 rings (SSSR count). The van der Waals surface area contributed by atoms with Crippen LogP contribution in [0.5, 0.6) is 0 Å². The minimum absolute atomic E-state index is 0.123. The standard InChI is InChI=1S/C6H11ClN2O3/c7-3-5(10)9-2-1-4(8)6(11)12/h4H,1-3,8H2,(H,9,10)(H,11,12). The lowest BCUT2D eigenvalue weighted by Gasteiger charge is -2.06. The maximum atomic E-state index is 10.5. The lowest BCUT2D eigenvalue weighted by Crippen LogP contribution is -2.35. The van der Waals surface area contributed by atoms with Crippen LogP contribution in [0.3, 0.4) is 0 Å². The molecule has 0 aromatic carbocycles. The fraction of sp³-hybridized carbons (Fsp3) is 0.667. The van der Waals surface area contributed by atoms with E-state index in [1.54, 1.807) is 0 Å². The Balaban J connectivity index is 3.43. The number of amides is 1. The maximum absolute atomic E-state index is 10.5. The second-order valence-corrected chi connectivity index (χ2v) is 2.48. The fourth-order valence-electron chi connectivity index (χ4n) is 0.538. The van der Waals surface area contributed by atoms with Crippen LogP contribution in [0, 0.1) is 0 Å². The van der Waals surface area contributed by atoms with E-state index in [0.717, 1.165) is 0 Å². The zero-order chi connectivity index (χ0) is 9.56. The Morgan fingerprint density at radius 1 is 1.58 bits per heavy atom. The number of nitrogens with one attached hydrogen (secondary N) is 1. The summed E-state index contributed by atoms with van der Waals surface area (Å²) < 4.78 is 0. The molecule has 0 spiro atoms. The zero-order valence-corrected chi connectivity index (χ0v) is 7.17. The summed E-state index contributed by atoms with van der Waals surface area (Å²) in [6, 6.07) is -0.930. The fourth-order valence-corrected chi connectivity index (χ4v) is 0.632. The molecule has 0 radical (unpaired) electrons. The Labute approximate surface area is 74.9 Å². The number of carbonyl (C=O) groups excluding carboxylic acids is 1. The first-order chi connectivity index (χ1) is 5.57. The molecule has 0 aromatic rings. The molecule has 0 saturated heterocycles. The van der Waals surface area contributed by atoms with Gasteiger partial charge in [0.15, 0.2) is 0 Å². The molecule has 6 heteroatoms. The molecule has 1 atom stereocenters. The topological polar surface area (TPSA) is 92.4 Å². The van der Waals surface area contributed by atoms with Crippen molar-refractivity contribution in [1.29, 1.82) is 0 Å². The van der Waals surface area contributed by atoms with Crippen molar-refractivity contribution in [3.8, 4) is 0 Å². The van der Waals surface area contributed by atoms with Crippen molar-refractivity contribution in [2.45, 2.75) is 12.5 Å². The number of rotatable bonds is 5. The highest BCUT2D eigenvalue weighted by Crippen LogP contribution is 1.86. The third-order valence-corrected chi connectivity index (χ3v) is 1.46. The highest BCUT2D eigenvalue weighted by molar-refractivity contribution is 6.27. The van der Waals surface area contributed by atoms with E-state index in [1.807, 2.05) is 0 Å². The average molecular weight is 195 g/mol. The van der Waals surface area contributed by atoms with E-state index in [1.165, 1.54) is 0 Å². The highest BCUT2D eigenvalue weighted by Gasteiger charge is 2.10. The van der Waals surface area contributed by atoms with Crippen molar-refractivity contribution in [3.05, 3.63) is 0 Å². The van der Waals surface area contributed by atoms with E-state index in [-0.39, 0.29) is 24.8 Å². The van der Waals surface area contributed by atoms with Crippen LogP contribution in [-0.4, -0.2) is 35.4 Å². The monoisotopic (exact) mass is 194 g/mol. The first-order valence-electron chi connectivity index (χ1n) is 3.39. The van der Waals surface area contributed by atoms with Crippen LogP contribution in [0.25, 0.3) is 0 Å². The molecule has 12 heavy (non-hydrogen) atoms. The van der Waals surface area contributed by atoms with Crippen LogP contribution >= 0.6 is 11.6 Å². The molecule has 0 saturated carbocycles. The molecule has 0 aliphatic heterocycles. The van der Waals surface area contributed by atoms with Crippen LogP contribution in [0.15, 0.2) is 0 Å². The quantitative estimate of drug-likeness (QED) is 0.497. The lowest BCUT2D eigenvalue weighted by atomic mass is 10.2. The number of nitrogens with two attached hydrogens (primary N) is 1. The summed E-state index contributed by atoms with van der Waals surface area (Å²) in [7, 11) is 0. The van der Waals surface area contributed by atoms with Crippen molar-refractivity contribution >= 4 is 23.5 Å². The minimum Gasteiger partial charge on any atom is -0.480 e. The van der Waals surface area contributed by atoms with E-state index in [9.17, 15) is 9.59 Å². The van der Waals surface area contributed by atoms with E-state index < -0.39 is 12.0 Å². The normalized spacial score (nSPS) is 12.2. The highest BCUT2D eigenvalue weighted by atomic mass is 35.5. The molecule has 1 unspecified atom stereocenters. The molecule has 5 nitrogen and oxygen atoms in total. The smallest absolute Gasteiger partial charge is 0.320 e. The number of halogens is 1. The van der Waals surface area contributed by atoms with E-state index in [4.69, 9.17) is 22.4 Å². The number of alkyl halides is 1. The molecular weight excluding hydrogens is 184 g/mol. The van der Waals surface area contributed by atoms with Gasteiger partial charge in [0.25, 0.3) is 0 Å². The number of aliphatic carboxylic acids is 1. The number of carboxylic acid groups (broad SMARTS) is 1. The van der Waals surface area contributed by atoms with Crippen molar-refractivity contribution in [2.24, 2.45) is 5.73 Å². The average Bonchev–Trinajstić information content (AvgIpc) is 2.03. The minimum atomic E-state index is -1.07. The molecule has 0 heterocycles. The summed E-state index contributed by atoms with van der Waals surface area (Å²) in [5.41, 5.74) is 5.16. The van der Waals surface area contributed by atoms with Crippen LogP contribution in [0.2, 0.25) is 0 Å². The van der Waals surface area contributed by atoms with Crippen molar-refractivity contribution < 1.29 is 14.7 Å². The van der Waals surface area contributed by atoms with E-state index in [0.29, 0.717) is 0 Å². The van der Waals surface area contributed by atoms with Crippen LogP contribution in [-0.2, 0) is 9.59 Å². The Hall–Kier alpha value is -0.810. The van der Waals surface area contributed by atoms with Gasteiger partial charge in [0.05, 0.1) is 0 Å². The molecule has 4 N–H and O–H groups in total. The third-order valence-electron chi connectivity index (χ3n) is 1.22. The summed E-state index contributed by atoms with van der Waals surface area (Å²) in [6.45, 7) is 0.235. The summed E-state index contributed by atoms with van der Waals surface area (Å²) in [5, 5.41) is 10.7. The predicted octanol–water partition coefficient (Wildman–Crippen LogP) is -0.857. The first kappa shape index (κ1) is 11.2. The molecular formula is C6H11ClN2O3. The second kappa shape index (κ2) is 5.79. The molecule has 0 fully saturated rings. The van der Waals surface area contributed by atoms with Gasteiger partial charge in [-0.2, -0.15) is 0 Å². The Morgan fingerprint density at radius 3 is 2.58 bits per heavy atom. The van der Waals surface area contributed by atoms with Crippen molar-refractivity contribution in [2.75, 3.05) is 12.4 Å². The Kier molecular flexibility index (Phi) is 5.40. The van der Waals surface area contributed by atoms with Gasteiger partial charge in [-0.15, -0.1) is 11.6 Å². The summed E-state index contributed by atoms with van der Waals surface area (Å²) in [5.74, 6) is -1.52. The maximum Gasteiger partial charge on any atom is 0.320 e. The predicted molar refractivity (Wildman–Crippen MR) is 44.0 cm³/mol. The van der Waals surface area contributed by atoms with E-state index in [2.05, 4.69) is 5.32 Å². The molecule has 1 amide bonds. The van der Waals surface area contributed by atoms with Crippen LogP contribution in [0.4, 0.5) is 0 Å². The summed E-state index contributed by atoms with van der Waals surface area (Å²) in [6.07, 6.45) is 0.206. The summed E-state index contributed by atoms with van der Waals surface area (Å²) in [4.78, 5) is 20.7. The van der Waals surface area contributed by atoms with Gasteiger partial charge < -0.3 is 16.2 Å². The third kappa shape index (κ3) is 4.92. The number of carboxylic acids is 1. The molecule has 0 aliphatic rings. The van der Waals surface area contributed by atoms with Gasteiger partial charge in [-0.1, -0.05) is 0 Å².